The fraction of sp³-hybridized carbons (Fsp3) is 0.333. The summed E-state index contributed by atoms with van der Waals surface area (Å²) in [5, 5.41) is 2.62. The van der Waals surface area contributed by atoms with E-state index in [2.05, 4.69) is 15.3 Å². The van der Waals surface area contributed by atoms with Gasteiger partial charge in [-0.05, 0) is 25.4 Å². The lowest BCUT2D eigenvalue weighted by molar-refractivity contribution is -0.121. The molecule has 6 nitrogen and oxygen atoms in total. The molecule has 1 saturated heterocycles. The standard InChI is InChI=1S/C9H9ClN4O2/c1-9(2)6(15)14(8(16)13-9)5-3-11-7(10)12-4-5/h3-4H,1-2H3,(H,13,16). The van der Waals surface area contributed by atoms with Gasteiger partial charge in [0.15, 0.2) is 0 Å². The summed E-state index contributed by atoms with van der Waals surface area (Å²) in [7, 11) is 0. The van der Waals surface area contributed by atoms with E-state index in [4.69, 9.17) is 11.6 Å². The van der Waals surface area contributed by atoms with Gasteiger partial charge >= 0.3 is 6.03 Å². The summed E-state index contributed by atoms with van der Waals surface area (Å²) in [6.07, 6.45) is 2.66. The van der Waals surface area contributed by atoms with Crippen LogP contribution in [0.2, 0.25) is 5.28 Å². The smallest absolute Gasteiger partial charge is 0.323 e. The first-order valence-electron chi connectivity index (χ1n) is 4.56. The van der Waals surface area contributed by atoms with E-state index < -0.39 is 11.6 Å². The van der Waals surface area contributed by atoms with Crippen molar-refractivity contribution in [3.8, 4) is 0 Å². The Kier molecular flexibility index (Phi) is 2.31. The number of hydrogen-bond donors (Lipinski definition) is 1. The molecule has 2 rings (SSSR count). The van der Waals surface area contributed by atoms with Crippen molar-refractivity contribution in [3.63, 3.8) is 0 Å². The number of nitrogens with one attached hydrogen (secondary N) is 1. The third-order valence-electron chi connectivity index (χ3n) is 2.23. The molecule has 1 aromatic heterocycles. The Hall–Kier alpha value is -1.69. The Balaban J connectivity index is 2.39. The zero-order valence-corrected chi connectivity index (χ0v) is 9.45. The van der Waals surface area contributed by atoms with Crippen LogP contribution in [0.15, 0.2) is 12.4 Å². The van der Waals surface area contributed by atoms with E-state index in [1.165, 1.54) is 12.4 Å². The minimum absolute atomic E-state index is 0.0649. The third kappa shape index (κ3) is 1.61. The van der Waals surface area contributed by atoms with Crippen LogP contribution in [0.1, 0.15) is 13.8 Å². The SMILES string of the molecule is CC1(C)NC(=O)N(c2cnc(Cl)nc2)C1=O. The number of imide groups is 1. The molecule has 0 atom stereocenters. The van der Waals surface area contributed by atoms with Gasteiger partial charge in [0.2, 0.25) is 5.28 Å². The van der Waals surface area contributed by atoms with Crippen molar-refractivity contribution in [3.05, 3.63) is 17.7 Å². The molecule has 0 aliphatic carbocycles. The quantitative estimate of drug-likeness (QED) is 0.586. The molecule has 3 amide bonds. The number of aromatic nitrogens is 2. The number of anilines is 1. The Morgan fingerprint density at radius 1 is 1.31 bits per heavy atom. The number of halogens is 1. The van der Waals surface area contributed by atoms with Gasteiger partial charge in [-0.1, -0.05) is 0 Å². The minimum atomic E-state index is -0.906. The zero-order chi connectivity index (χ0) is 11.9. The summed E-state index contributed by atoms with van der Waals surface area (Å²) >= 11 is 5.52. The van der Waals surface area contributed by atoms with Gasteiger partial charge in [-0.15, -0.1) is 0 Å². The summed E-state index contributed by atoms with van der Waals surface area (Å²) in [6.45, 7) is 3.26. The lowest BCUT2D eigenvalue weighted by atomic mass is 10.1. The second-order valence-corrected chi connectivity index (χ2v) is 4.24. The highest BCUT2D eigenvalue weighted by Gasteiger charge is 2.45. The van der Waals surface area contributed by atoms with Crippen LogP contribution in [0, 0.1) is 0 Å². The van der Waals surface area contributed by atoms with Crippen molar-refractivity contribution < 1.29 is 9.59 Å². The Labute approximate surface area is 96.6 Å². The summed E-state index contributed by atoms with van der Waals surface area (Å²) in [4.78, 5) is 31.9. The maximum atomic E-state index is 11.9. The summed E-state index contributed by atoms with van der Waals surface area (Å²) in [5.74, 6) is -0.344. The summed E-state index contributed by atoms with van der Waals surface area (Å²) in [6, 6.07) is -0.485. The monoisotopic (exact) mass is 240 g/mol. The van der Waals surface area contributed by atoms with Gasteiger partial charge in [-0.2, -0.15) is 0 Å². The van der Waals surface area contributed by atoms with Crippen LogP contribution < -0.4 is 10.2 Å². The molecule has 1 fully saturated rings. The van der Waals surface area contributed by atoms with Gasteiger partial charge in [0.1, 0.15) is 5.54 Å². The predicted octanol–water partition coefficient (Wildman–Crippen LogP) is 0.965. The maximum absolute atomic E-state index is 11.9. The number of hydrogen-bond acceptors (Lipinski definition) is 4. The first-order chi connectivity index (χ1) is 7.42. The molecule has 0 saturated carbocycles. The van der Waals surface area contributed by atoms with E-state index in [-0.39, 0.29) is 11.2 Å². The van der Waals surface area contributed by atoms with Crippen molar-refractivity contribution in [2.45, 2.75) is 19.4 Å². The molecule has 0 radical (unpaired) electrons. The molecule has 0 spiro atoms. The Morgan fingerprint density at radius 2 is 1.88 bits per heavy atom. The van der Waals surface area contributed by atoms with Crippen LogP contribution in [0.4, 0.5) is 10.5 Å². The number of rotatable bonds is 1. The van der Waals surface area contributed by atoms with Gasteiger partial charge < -0.3 is 5.32 Å². The molecule has 2 heterocycles. The summed E-state index contributed by atoms with van der Waals surface area (Å²) < 4.78 is 0. The molecule has 1 aliphatic rings. The van der Waals surface area contributed by atoms with Crippen molar-refractivity contribution in [2.24, 2.45) is 0 Å². The molecule has 0 bridgehead atoms. The number of carbonyl (C=O) groups is 2. The first kappa shape index (κ1) is 10.8. The van der Waals surface area contributed by atoms with Crippen LogP contribution in [-0.2, 0) is 4.79 Å². The predicted molar refractivity (Wildman–Crippen MR) is 57.1 cm³/mol. The number of nitrogens with zero attached hydrogens (tertiary/aromatic N) is 3. The largest absolute Gasteiger partial charge is 0.329 e. The van der Waals surface area contributed by atoms with Gasteiger partial charge in [0.05, 0.1) is 18.1 Å². The van der Waals surface area contributed by atoms with Gasteiger partial charge in [-0.25, -0.2) is 19.7 Å². The zero-order valence-electron chi connectivity index (χ0n) is 8.69. The Morgan fingerprint density at radius 3 is 2.31 bits per heavy atom. The lowest BCUT2D eigenvalue weighted by Crippen LogP contribution is -2.40. The molecule has 7 heteroatoms. The summed E-state index contributed by atoms with van der Waals surface area (Å²) in [5.41, 5.74) is -0.603. The maximum Gasteiger partial charge on any atom is 0.329 e. The number of urea groups is 1. The molecule has 16 heavy (non-hydrogen) atoms. The normalized spacial score (nSPS) is 18.8. The van der Waals surface area contributed by atoms with Crippen molar-refractivity contribution in [2.75, 3.05) is 4.90 Å². The fourth-order valence-corrected chi connectivity index (χ4v) is 1.50. The van der Waals surface area contributed by atoms with Gasteiger partial charge in [-0.3, -0.25) is 4.79 Å². The van der Waals surface area contributed by atoms with E-state index in [0.717, 1.165) is 4.90 Å². The number of amides is 3. The van der Waals surface area contributed by atoms with Crippen LogP contribution in [0.3, 0.4) is 0 Å². The minimum Gasteiger partial charge on any atom is -0.323 e. The first-order valence-corrected chi connectivity index (χ1v) is 4.94. The van der Waals surface area contributed by atoms with E-state index >= 15 is 0 Å². The van der Waals surface area contributed by atoms with E-state index in [0.29, 0.717) is 5.69 Å². The van der Waals surface area contributed by atoms with Gasteiger partial charge in [0.25, 0.3) is 5.91 Å². The van der Waals surface area contributed by atoms with Crippen LogP contribution in [0.5, 0.6) is 0 Å². The molecule has 1 N–H and O–H groups in total. The second kappa shape index (κ2) is 3.41. The van der Waals surface area contributed by atoms with Crippen molar-refractivity contribution in [1.82, 2.24) is 15.3 Å². The third-order valence-corrected chi connectivity index (χ3v) is 2.42. The molecular weight excluding hydrogens is 232 g/mol. The van der Waals surface area contributed by atoms with Gasteiger partial charge in [0, 0.05) is 0 Å². The van der Waals surface area contributed by atoms with E-state index in [1.54, 1.807) is 13.8 Å². The second-order valence-electron chi connectivity index (χ2n) is 3.91. The topological polar surface area (TPSA) is 75.2 Å². The molecule has 0 aromatic carbocycles. The fourth-order valence-electron chi connectivity index (χ4n) is 1.40. The highest BCUT2D eigenvalue weighted by molar-refractivity contribution is 6.28. The molecule has 1 aliphatic heterocycles. The van der Waals surface area contributed by atoms with E-state index in [9.17, 15) is 9.59 Å². The lowest BCUT2D eigenvalue weighted by Gasteiger charge is -2.15. The van der Waals surface area contributed by atoms with Crippen molar-refractivity contribution in [1.29, 1.82) is 0 Å². The van der Waals surface area contributed by atoms with Crippen LogP contribution in [0.25, 0.3) is 0 Å². The van der Waals surface area contributed by atoms with Crippen molar-refractivity contribution >= 4 is 29.2 Å². The highest BCUT2D eigenvalue weighted by atomic mass is 35.5. The van der Waals surface area contributed by atoms with Crippen LogP contribution >= 0.6 is 11.6 Å². The van der Waals surface area contributed by atoms with Crippen LogP contribution in [-0.4, -0.2) is 27.4 Å². The molecule has 84 valence electrons. The average molecular weight is 241 g/mol. The molecule has 1 aromatic rings. The average Bonchev–Trinajstić information content (AvgIpc) is 2.39. The molecular formula is C9H9ClN4O2. The number of carbonyl (C=O) groups excluding carboxylic acids is 2. The van der Waals surface area contributed by atoms with E-state index in [1.807, 2.05) is 0 Å². The molecule has 0 unspecified atom stereocenters. The highest BCUT2D eigenvalue weighted by Crippen LogP contribution is 2.23. The Bertz CT molecular complexity index is 457.